The molecule has 2 rings (SSSR count). The highest BCUT2D eigenvalue weighted by Crippen LogP contribution is 2.23. The molecule has 0 atom stereocenters. The van der Waals surface area contributed by atoms with Gasteiger partial charge in [0.05, 0.1) is 23.1 Å². The van der Waals surface area contributed by atoms with Crippen LogP contribution in [-0.4, -0.2) is 51.9 Å². The maximum atomic E-state index is 13.2. The van der Waals surface area contributed by atoms with E-state index in [9.17, 15) is 14.0 Å². The van der Waals surface area contributed by atoms with Crippen LogP contribution in [-0.2, 0) is 4.74 Å². The Morgan fingerprint density at radius 2 is 1.87 bits per heavy atom. The summed E-state index contributed by atoms with van der Waals surface area (Å²) in [5, 5.41) is 7.18. The number of rotatable bonds is 7. The molecule has 0 saturated heterocycles. The second-order valence-electron chi connectivity index (χ2n) is 8.30. The highest BCUT2D eigenvalue weighted by atomic mass is 19.1. The first-order valence-electron chi connectivity index (χ1n) is 10.1. The molecule has 30 heavy (non-hydrogen) atoms. The van der Waals surface area contributed by atoms with Crippen molar-refractivity contribution < 1.29 is 18.7 Å². The van der Waals surface area contributed by atoms with Crippen molar-refractivity contribution in [3.63, 3.8) is 0 Å². The van der Waals surface area contributed by atoms with Crippen LogP contribution in [0.15, 0.2) is 30.5 Å². The van der Waals surface area contributed by atoms with Gasteiger partial charge in [-0.05, 0) is 57.9 Å². The normalized spacial score (nSPS) is 11.5. The number of aromatic nitrogens is 2. The average molecular weight is 419 g/mol. The first kappa shape index (κ1) is 23.4. The Morgan fingerprint density at radius 1 is 1.23 bits per heavy atom. The van der Waals surface area contributed by atoms with Crippen LogP contribution in [0.5, 0.6) is 0 Å². The molecule has 0 radical (unpaired) electrons. The molecule has 2 aromatic rings. The molecular weight excluding hydrogens is 387 g/mol. The molecule has 0 saturated carbocycles. The summed E-state index contributed by atoms with van der Waals surface area (Å²) in [6, 6.07) is 5.96. The van der Waals surface area contributed by atoms with E-state index in [0.717, 1.165) is 5.69 Å². The Hall–Kier alpha value is -2.90. The molecule has 1 heterocycles. The van der Waals surface area contributed by atoms with Crippen molar-refractivity contribution in [3.05, 3.63) is 47.5 Å². The van der Waals surface area contributed by atoms with Crippen molar-refractivity contribution in [2.24, 2.45) is 0 Å². The molecule has 2 amide bonds. The van der Waals surface area contributed by atoms with Gasteiger partial charge in [0, 0.05) is 19.6 Å². The highest BCUT2D eigenvalue weighted by Gasteiger charge is 2.23. The standard InChI is InChI=1S/C22H31FN4O3/c1-7-26(21(29)30-22(4,5)6)13-12-24-20(28)18-14-25-27(19(18)15(2)3)17-10-8-16(23)9-11-17/h8-11,14-15H,7,12-13H2,1-6H3,(H,24,28). The molecule has 0 bridgehead atoms. The number of hydrogen-bond donors (Lipinski definition) is 1. The van der Waals surface area contributed by atoms with Gasteiger partial charge in [-0.3, -0.25) is 4.79 Å². The number of likely N-dealkylation sites (N-methyl/N-ethyl adjacent to an activating group) is 1. The van der Waals surface area contributed by atoms with Gasteiger partial charge in [0.15, 0.2) is 0 Å². The second kappa shape index (κ2) is 9.73. The molecule has 0 spiro atoms. The van der Waals surface area contributed by atoms with E-state index >= 15 is 0 Å². The summed E-state index contributed by atoms with van der Waals surface area (Å²) in [6.45, 7) is 12.3. The minimum atomic E-state index is -0.575. The lowest BCUT2D eigenvalue weighted by molar-refractivity contribution is 0.0261. The van der Waals surface area contributed by atoms with Crippen molar-refractivity contribution in [1.29, 1.82) is 0 Å². The summed E-state index contributed by atoms with van der Waals surface area (Å²) >= 11 is 0. The van der Waals surface area contributed by atoms with Crippen molar-refractivity contribution in [2.75, 3.05) is 19.6 Å². The predicted molar refractivity (Wildman–Crippen MR) is 113 cm³/mol. The van der Waals surface area contributed by atoms with Crippen LogP contribution in [0.4, 0.5) is 9.18 Å². The second-order valence-corrected chi connectivity index (χ2v) is 8.30. The zero-order valence-corrected chi connectivity index (χ0v) is 18.5. The molecule has 164 valence electrons. The maximum absolute atomic E-state index is 13.2. The van der Waals surface area contributed by atoms with Crippen LogP contribution in [0.2, 0.25) is 0 Å². The molecule has 0 aliphatic heterocycles. The number of nitrogens with zero attached hydrogens (tertiary/aromatic N) is 3. The molecule has 1 aromatic heterocycles. The lowest BCUT2D eigenvalue weighted by atomic mass is 10.1. The fourth-order valence-corrected chi connectivity index (χ4v) is 2.98. The quantitative estimate of drug-likeness (QED) is 0.734. The van der Waals surface area contributed by atoms with E-state index in [4.69, 9.17) is 4.74 Å². The zero-order chi connectivity index (χ0) is 22.5. The number of carbonyl (C=O) groups excluding carboxylic acids is 2. The van der Waals surface area contributed by atoms with Gasteiger partial charge in [0.1, 0.15) is 11.4 Å². The first-order chi connectivity index (χ1) is 14.0. The predicted octanol–water partition coefficient (Wildman–Crippen LogP) is 4.12. The van der Waals surface area contributed by atoms with E-state index < -0.39 is 11.7 Å². The maximum Gasteiger partial charge on any atom is 0.410 e. The molecule has 7 nitrogen and oxygen atoms in total. The number of hydrogen-bond acceptors (Lipinski definition) is 4. The zero-order valence-electron chi connectivity index (χ0n) is 18.5. The molecule has 8 heteroatoms. The van der Waals surface area contributed by atoms with Crippen molar-refractivity contribution >= 4 is 12.0 Å². The monoisotopic (exact) mass is 418 g/mol. The average Bonchev–Trinajstić information content (AvgIpc) is 3.09. The van der Waals surface area contributed by atoms with Crippen molar-refractivity contribution in [1.82, 2.24) is 20.0 Å². The third-order valence-electron chi connectivity index (χ3n) is 4.37. The molecule has 0 aliphatic carbocycles. The molecular formula is C22H31FN4O3. The Balaban J connectivity index is 2.08. The molecule has 1 N–H and O–H groups in total. The Bertz CT molecular complexity index is 869. The number of carbonyl (C=O) groups is 2. The number of nitrogens with one attached hydrogen (secondary N) is 1. The summed E-state index contributed by atoms with van der Waals surface area (Å²) in [5.74, 6) is -0.583. The largest absolute Gasteiger partial charge is 0.444 e. The minimum Gasteiger partial charge on any atom is -0.444 e. The Kier molecular flexibility index (Phi) is 7.59. The van der Waals surface area contributed by atoms with Gasteiger partial charge in [0.25, 0.3) is 5.91 Å². The van der Waals surface area contributed by atoms with Crippen LogP contribution in [0, 0.1) is 5.82 Å². The Labute approximate surface area is 177 Å². The lowest BCUT2D eigenvalue weighted by Gasteiger charge is -2.26. The fourth-order valence-electron chi connectivity index (χ4n) is 2.98. The summed E-state index contributed by atoms with van der Waals surface area (Å²) in [6.07, 6.45) is 1.10. The van der Waals surface area contributed by atoms with Gasteiger partial charge in [-0.2, -0.15) is 5.10 Å². The van der Waals surface area contributed by atoms with Gasteiger partial charge in [-0.1, -0.05) is 13.8 Å². The number of halogens is 1. The van der Waals surface area contributed by atoms with Crippen LogP contribution in [0.3, 0.4) is 0 Å². The van der Waals surface area contributed by atoms with Gasteiger partial charge >= 0.3 is 6.09 Å². The topological polar surface area (TPSA) is 76.5 Å². The van der Waals surface area contributed by atoms with Gasteiger partial charge in [0.2, 0.25) is 0 Å². The molecule has 0 unspecified atom stereocenters. The number of ether oxygens (including phenoxy) is 1. The van der Waals surface area contributed by atoms with Gasteiger partial charge in [-0.15, -0.1) is 0 Å². The summed E-state index contributed by atoms with van der Waals surface area (Å²) in [7, 11) is 0. The van der Waals surface area contributed by atoms with Crippen LogP contribution in [0.1, 0.15) is 63.5 Å². The van der Waals surface area contributed by atoms with E-state index in [1.54, 1.807) is 16.8 Å². The number of amides is 2. The van der Waals surface area contributed by atoms with Crippen molar-refractivity contribution in [2.45, 2.75) is 53.1 Å². The van der Waals surface area contributed by atoms with E-state index in [2.05, 4.69) is 10.4 Å². The van der Waals surface area contributed by atoms with E-state index in [0.29, 0.717) is 24.3 Å². The minimum absolute atomic E-state index is 0.0206. The molecule has 0 fully saturated rings. The fraction of sp³-hybridized carbons (Fsp3) is 0.500. The third kappa shape index (κ3) is 6.05. The van der Waals surface area contributed by atoms with E-state index in [-0.39, 0.29) is 24.2 Å². The number of benzene rings is 1. The lowest BCUT2D eigenvalue weighted by Crippen LogP contribution is -2.41. The highest BCUT2D eigenvalue weighted by molar-refractivity contribution is 5.95. The first-order valence-corrected chi connectivity index (χ1v) is 10.1. The molecule has 1 aromatic carbocycles. The smallest absolute Gasteiger partial charge is 0.410 e. The van der Waals surface area contributed by atoms with Crippen molar-refractivity contribution in [3.8, 4) is 5.69 Å². The third-order valence-corrected chi connectivity index (χ3v) is 4.37. The van der Waals surface area contributed by atoms with E-state index in [1.807, 2.05) is 41.5 Å². The van der Waals surface area contributed by atoms with Gasteiger partial charge < -0.3 is 15.0 Å². The summed E-state index contributed by atoms with van der Waals surface area (Å²) < 4.78 is 20.3. The van der Waals surface area contributed by atoms with Gasteiger partial charge in [-0.25, -0.2) is 13.9 Å². The van der Waals surface area contributed by atoms with Crippen LogP contribution < -0.4 is 5.32 Å². The SMILES string of the molecule is CCN(CCNC(=O)c1cnn(-c2ccc(F)cc2)c1C(C)C)C(=O)OC(C)(C)C. The summed E-state index contributed by atoms with van der Waals surface area (Å²) in [5.41, 5.74) is 1.30. The summed E-state index contributed by atoms with van der Waals surface area (Å²) in [4.78, 5) is 26.5. The molecule has 0 aliphatic rings. The van der Waals surface area contributed by atoms with Crippen LogP contribution in [0.25, 0.3) is 5.69 Å². The van der Waals surface area contributed by atoms with Crippen LogP contribution >= 0.6 is 0 Å². The van der Waals surface area contributed by atoms with E-state index in [1.165, 1.54) is 23.2 Å². The Morgan fingerprint density at radius 3 is 2.40 bits per heavy atom.